The Morgan fingerprint density at radius 1 is 1.20 bits per heavy atom. The summed E-state index contributed by atoms with van der Waals surface area (Å²) < 4.78 is 37.5. The summed E-state index contributed by atoms with van der Waals surface area (Å²) >= 11 is 0. The molecule has 10 heteroatoms. The van der Waals surface area contributed by atoms with Gasteiger partial charge in [0.1, 0.15) is 5.82 Å². The number of halogens is 2. The molecule has 7 nitrogen and oxygen atoms in total. The summed E-state index contributed by atoms with van der Waals surface area (Å²) in [7, 11) is -0.265. The first kappa shape index (κ1) is 21.9. The normalized spacial score (nSPS) is 16.1. The predicted octanol–water partition coefficient (Wildman–Crippen LogP) is 0.772. The van der Waals surface area contributed by atoms with Crippen molar-refractivity contribution in [2.45, 2.75) is 0 Å². The predicted molar refractivity (Wildman–Crippen MR) is 110 cm³/mol. The standard InChI is InChI=1S/C15H24FN5O2S.HI/c1-19(2)24(22,23)12-7-18-15(17)21-10-8-20(9-11-21)14-5-3-13(16)4-6-14;/h3-6H,7-12H2,1-2H3,(H2,17,18);1H. The van der Waals surface area contributed by atoms with Crippen molar-refractivity contribution in [2.75, 3.05) is 57.5 Å². The summed E-state index contributed by atoms with van der Waals surface area (Å²) in [6.07, 6.45) is 0. The molecule has 25 heavy (non-hydrogen) atoms. The smallest absolute Gasteiger partial charge is 0.215 e. The lowest BCUT2D eigenvalue weighted by Gasteiger charge is -2.36. The average molecular weight is 485 g/mol. The van der Waals surface area contributed by atoms with Gasteiger partial charge in [-0.15, -0.1) is 24.0 Å². The van der Waals surface area contributed by atoms with E-state index in [0.717, 1.165) is 18.8 Å². The van der Waals surface area contributed by atoms with Crippen molar-refractivity contribution in [3.63, 3.8) is 0 Å². The van der Waals surface area contributed by atoms with E-state index >= 15 is 0 Å². The lowest BCUT2D eigenvalue weighted by atomic mass is 10.2. The van der Waals surface area contributed by atoms with Gasteiger partial charge in [0.2, 0.25) is 10.0 Å². The molecule has 2 N–H and O–H groups in total. The fraction of sp³-hybridized carbons (Fsp3) is 0.533. The molecular formula is C15H25FIN5O2S. The largest absolute Gasteiger partial charge is 0.370 e. The molecule has 0 aliphatic carbocycles. The van der Waals surface area contributed by atoms with Gasteiger partial charge >= 0.3 is 0 Å². The summed E-state index contributed by atoms with van der Waals surface area (Å²) in [5, 5.41) is 0. The quantitative estimate of drug-likeness (QED) is 0.379. The van der Waals surface area contributed by atoms with E-state index in [1.165, 1.54) is 30.5 Å². The molecule has 1 aliphatic rings. The van der Waals surface area contributed by atoms with Crippen LogP contribution in [0.15, 0.2) is 29.3 Å². The number of guanidine groups is 1. The molecule has 0 spiro atoms. The van der Waals surface area contributed by atoms with Crippen molar-refractivity contribution < 1.29 is 12.8 Å². The molecular weight excluding hydrogens is 460 g/mol. The molecule has 1 fully saturated rings. The Hall–Kier alpha value is -1.14. The number of piperazine rings is 1. The van der Waals surface area contributed by atoms with Crippen molar-refractivity contribution in [3.8, 4) is 0 Å². The molecule has 1 aromatic carbocycles. The van der Waals surface area contributed by atoms with Crippen molar-refractivity contribution in [2.24, 2.45) is 10.7 Å². The third kappa shape index (κ3) is 6.26. The van der Waals surface area contributed by atoms with Crippen LogP contribution in [0, 0.1) is 5.82 Å². The number of hydrogen-bond donors (Lipinski definition) is 1. The molecule has 1 aliphatic heterocycles. The van der Waals surface area contributed by atoms with E-state index in [1.807, 2.05) is 4.90 Å². The second-order valence-electron chi connectivity index (χ2n) is 5.79. The zero-order chi connectivity index (χ0) is 17.7. The van der Waals surface area contributed by atoms with Gasteiger partial charge in [0.15, 0.2) is 5.96 Å². The van der Waals surface area contributed by atoms with E-state index in [4.69, 9.17) is 5.73 Å². The van der Waals surface area contributed by atoms with Crippen LogP contribution in [0.25, 0.3) is 0 Å². The molecule has 0 atom stereocenters. The number of aliphatic imine (C=N–C) groups is 1. The maximum atomic E-state index is 13.0. The Labute approximate surface area is 165 Å². The number of sulfonamides is 1. The van der Waals surface area contributed by atoms with Gasteiger partial charge < -0.3 is 15.5 Å². The summed E-state index contributed by atoms with van der Waals surface area (Å²) in [6.45, 7) is 3.01. The number of nitrogens with two attached hydrogens (primary N) is 1. The first-order valence-electron chi connectivity index (χ1n) is 7.75. The Balaban J connectivity index is 0.00000312. The lowest BCUT2D eigenvalue weighted by molar-refractivity contribution is 0.381. The zero-order valence-corrected chi connectivity index (χ0v) is 17.6. The van der Waals surface area contributed by atoms with E-state index in [-0.39, 0.29) is 42.1 Å². The van der Waals surface area contributed by atoms with Crippen molar-refractivity contribution in [1.29, 1.82) is 0 Å². The van der Waals surface area contributed by atoms with Crippen LogP contribution in [0.2, 0.25) is 0 Å². The van der Waals surface area contributed by atoms with E-state index in [1.54, 1.807) is 12.1 Å². The second-order valence-corrected chi connectivity index (χ2v) is 8.09. The minimum atomic E-state index is -3.26. The summed E-state index contributed by atoms with van der Waals surface area (Å²) in [5.74, 6) is 0.0557. The van der Waals surface area contributed by atoms with Crippen LogP contribution in [0.3, 0.4) is 0 Å². The van der Waals surface area contributed by atoms with Crippen molar-refractivity contribution in [3.05, 3.63) is 30.1 Å². The highest BCUT2D eigenvalue weighted by Gasteiger charge is 2.19. The molecule has 1 heterocycles. The Morgan fingerprint density at radius 3 is 2.28 bits per heavy atom. The summed E-state index contributed by atoms with van der Waals surface area (Å²) in [4.78, 5) is 8.26. The number of anilines is 1. The maximum absolute atomic E-state index is 13.0. The van der Waals surface area contributed by atoms with Crippen LogP contribution in [-0.2, 0) is 10.0 Å². The monoisotopic (exact) mass is 485 g/mol. The molecule has 0 unspecified atom stereocenters. The van der Waals surface area contributed by atoms with Gasteiger partial charge in [-0.25, -0.2) is 17.1 Å². The van der Waals surface area contributed by atoms with E-state index in [9.17, 15) is 12.8 Å². The fourth-order valence-corrected chi connectivity index (χ4v) is 3.09. The van der Waals surface area contributed by atoms with Gasteiger partial charge in [-0.3, -0.25) is 4.99 Å². The van der Waals surface area contributed by atoms with Crippen LogP contribution in [0.1, 0.15) is 0 Å². The number of hydrogen-bond acceptors (Lipinski definition) is 4. The first-order valence-corrected chi connectivity index (χ1v) is 9.36. The van der Waals surface area contributed by atoms with E-state index < -0.39 is 10.0 Å². The van der Waals surface area contributed by atoms with Crippen LogP contribution in [-0.4, -0.2) is 76.2 Å². The molecule has 1 saturated heterocycles. The van der Waals surface area contributed by atoms with Gasteiger partial charge in [-0.1, -0.05) is 0 Å². The van der Waals surface area contributed by atoms with E-state index in [0.29, 0.717) is 19.0 Å². The average Bonchev–Trinajstić information content (AvgIpc) is 2.55. The Morgan fingerprint density at radius 2 is 1.76 bits per heavy atom. The molecule has 0 bridgehead atoms. The SMILES string of the molecule is CN(C)S(=O)(=O)CCN=C(N)N1CCN(c2ccc(F)cc2)CC1.I. The molecule has 2 rings (SSSR count). The highest BCUT2D eigenvalue weighted by molar-refractivity contribution is 14.0. The van der Waals surface area contributed by atoms with E-state index in [2.05, 4.69) is 9.89 Å². The molecule has 1 aromatic rings. The Kier molecular flexibility index (Phi) is 8.35. The lowest BCUT2D eigenvalue weighted by Crippen LogP contribution is -2.51. The van der Waals surface area contributed by atoms with Gasteiger partial charge in [-0.05, 0) is 24.3 Å². The fourth-order valence-electron chi connectivity index (χ4n) is 2.40. The van der Waals surface area contributed by atoms with Gasteiger partial charge in [-0.2, -0.15) is 0 Å². The van der Waals surface area contributed by atoms with Gasteiger partial charge in [0, 0.05) is 46.0 Å². The molecule has 142 valence electrons. The minimum Gasteiger partial charge on any atom is -0.370 e. The Bertz CT molecular complexity index is 674. The summed E-state index contributed by atoms with van der Waals surface area (Å²) in [5.41, 5.74) is 6.93. The summed E-state index contributed by atoms with van der Waals surface area (Å²) in [6, 6.07) is 6.41. The number of rotatable bonds is 5. The third-order valence-corrected chi connectivity index (χ3v) is 5.79. The van der Waals surface area contributed by atoms with Crippen LogP contribution in [0.4, 0.5) is 10.1 Å². The minimum absolute atomic E-state index is 0. The highest BCUT2D eigenvalue weighted by Crippen LogP contribution is 2.16. The van der Waals surface area contributed by atoms with Gasteiger partial charge in [0.05, 0.1) is 12.3 Å². The van der Waals surface area contributed by atoms with Crippen molar-refractivity contribution in [1.82, 2.24) is 9.21 Å². The zero-order valence-electron chi connectivity index (χ0n) is 14.4. The topological polar surface area (TPSA) is 82.2 Å². The molecule has 0 aromatic heterocycles. The highest BCUT2D eigenvalue weighted by atomic mass is 127. The molecule has 0 radical (unpaired) electrons. The molecule has 0 amide bonds. The molecule has 0 saturated carbocycles. The number of benzene rings is 1. The number of nitrogens with zero attached hydrogens (tertiary/aromatic N) is 4. The van der Waals surface area contributed by atoms with Crippen LogP contribution in [0.5, 0.6) is 0 Å². The van der Waals surface area contributed by atoms with Gasteiger partial charge in [0.25, 0.3) is 0 Å². The first-order chi connectivity index (χ1) is 11.3. The second kappa shape index (κ2) is 9.53. The maximum Gasteiger partial charge on any atom is 0.215 e. The third-order valence-electron chi connectivity index (χ3n) is 3.97. The van der Waals surface area contributed by atoms with Crippen LogP contribution < -0.4 is 10.6 Å². The van der Waals surface area contributed by atoms with Crippen molar-refractivity contribution >= 4 is 45.6 Å². The van der Waals surface area contributed by atoms with Crippen LogP contribution >= 0.6 is 24.0 Å².